The third-order valence-corrected chi connectivity index (χ3v) is 6.08. The molecule has 7 heteroatoms. The molecule has 1 saturated carbocycles. The molecule has 156 valence electrons. The molecule has 0 amide bonds. The molecule has 1 N–H and O–H groups in total. The standard InChI is InChI=1S/C22H28FN3O3/c1-4-7-24-18-11-25(9-13(18)2)20-17(23)8-16-19(22(20)29-3)26(15-5-6-15)10-14(12-27)21(16)28/h8,10,12-13,15,18,24H,4-7,9,11H2,1-3H3/t13-,18+/m0/s1. The predicted molar refractivity (Wildman–Crippen MR) is 112 cm³/mol. The van der Waals surface area contributed by atoms with Crippen molar-refractivity contribution in [3.8, 4) is 5.75 Å². The van der Waals surface area contributed by atoms with Gasteiger partial charge in [-0.25, -0.2) is 4.39 Å². The Morgan fingerprint density at radius 1 is 1.34 bits per heavy atom. The third kappa shape index (κ3) is 3.41. The normalized spacial score (nSPS) is 21.7. The van der Waals surface area contributed by atoms with Crippen LogP contribution < -0.4 is 20.4 Å². The summed E-state index contributed by atoms with van der Waals surface area (Å²) in [6.45, 7) is 6.60. The van der Waals surface area contributed by atoms with Crippen LogP contribution in [0.3, 0.4) is 0 Å². The van der Waals surface area contributed by atoms with Crippen LogP contribution >= 0.6 is 0 Å². The maximum Gasteiger partial charge on any atom is 0.200 e. The highest BCUT2D eigenvalue weighted by atomic mass is 19.1. The molecular weight excluding hydrogens is 373 g/mol. The molecule has 2 aliphatic rings. The van der Waals surface area contributed by atoms with Gasteiger partial charge in [0.05, 0.1) is 23.6 Å². The number of hydrogen-bond acceptors (Lipinski definition) is 5. The number of carbonyl (C=O) groups excluding carboxylic acids is 1. The van der Waals surface area contributed by atoms with Crippen molar-refractivity contribution in [1.82, 2.24) is 9.88 Å². The quantitative estimate of drug-likeness (QED) is 0.723. The summed E-state index contributed by atoms with van der Waals surface area (Å²) in [6.07, 6.45) is 5.12. The van der Waals surface area contributed by atoms with Crippen molar-refractivity contribution in [2.45, 2.75) is 45.2 Å². The van der Waals surface area contributed by atoms with E-state index in [0.717, 1.165) is 25.8 Å². The first kappa shape index (κ1) is 19.9. The molecule has 2 heterocycles. The van der Waals surface area contributed by atoms with Crippen molar-refractivity contribution in [3.63, 3.8) is 0 Å². The number of rotatable bonds is 7. The lowest BCUT2D eigenvalue weighted by Crippen LogP contribution is -2.36. The highest BCUT2D eigenvalue weighted by molar-refractivity contribution is 5.94. The van der Waals surface area contributed by atoms with E-state index >= 15 is 4.39 Å². The number of aromatic nitrogens is 1. The summed E-state index contributed by atoms with van der Waals surface area (Å²) in [4.78, 5) is 26.1. The Balaban J connectivity index is 1.88. The van der Waals surface area contributed by atoms with Gasteiger partial charge in [-0.05, 0) is 37.8 Å². The van der Waals surface area contributed by atoms with E-state index in [9.17, 15) is 9.59 Å². The lowest BCUT2D eigenvalue weighted by atomic mass is 10.1. The predicted octanol–water partition coefficient (Wildman–Crippen LogP) is 3.12. The van der Waals surface area contributed by atoms with Crippen molar-refractivity contribution in [2.24, 2.45) is 5.92 Å². The number of benzene rings is 1. The summed E-state index contributed by atoms with van der Waals surface area (Å²) in [6, 6.07) is 1.76. The molecule has 29 heavy (non-hydrogen) atoms. The second kappa shape index (κ2) is 7.78. The number of hydrogen-bond donors (Lipinski definition) is 1. The van der Waals surface area contributed by atoms with Gasteiger partial charge >= 0.3 is 0 Å². The van der Waals surface area contributed by atoms with E-state index in [4.69, 9.17) is 4.74 Å². The van der Waals surface area contributed by atoms with E-state index in [1.54, 1.807) is 6.20 Å². The van der Waals surface area contributed by atoms with Gasteiger partial charge in [-0.1, -0.05) is 13.8 Å². The Morgan fingerprint density at radius 2 is 2.10 bits per heavy atom. The zero-order chi connectivity index (χ0) is 20.7. The fourth-order valence-corrected chi connectivity index (χ4v) is 4.42. The van der Waals surface area contributed by atoms with Gasteiger partial charge in [0.1, 0.15) is 5.69 Å². The third-order valence-electron chi connectivity index (χ3n) is 6.08. The number of aldehydes is 1. The van der Waals surface area contributed by atoms with Gasteiger partial charge in [0.15, 0.2) is 23.3 Å². The molecule has 2 atom stereocenters. The van der Waals surface area contributed by atoms with Crippen LogP contribution in [0, 0.1) is 11.7 Å². The minimum absolute atomic E-state index is 0.0530. The first-order valence-corrected chi connectivity index (χ1v) is 10.4. The minimum atomic E-state index is -0.486. The van der Waals surface area contributed by atoms with Gasteiger partial charge in [0.25, 0.3) is 0 Å². The summed E-state index contributed by atoms with van der Waals surface area (Å²) in [5, 5.41) is 3.74. The van der Waals surface area contributed by atoms with Gasteiger partial charge in [-0.2, -0.15) is 0 Å². The monoisotopic (exact) mass is 401 g/mol. The number of anilines is 1. The largest absolute Gasteiger partial charge is 0.492 e. The van der Waals surface area contributed by atoms with Crippen molar-refractivity contribution in [3.05, 3.63) is 33.9 Å². The molecule has 2 fully saturated rings. The maximum absolute atomic E-state index is 15.3. The molecule has 1 aromatic heterocycles. The molecule has 1 aliphatic carbocycles. The van der Waals surface area contributed by atoms with Gasteiger partial charge in [-0.3, -0.25) is 9.59 Å². The zero-order valence-corrected chi connectivity index (χ0v) is 17.2. The van der Waals surface area contributed by atoms with E-state index in [-0.39, 0.29) is 23.0 Å². The van der Waals surface area contributed by atoms with Gasteiger partial charge in [0.2, 0.25) is 0 Å². The van der Waals surface area contributed by atoms with E-state index in [0.29, 0.717) is 42.2 Å². The summed E-state index contributed by atoms with van der Waals surface area (Å²) < 4.78 is 22.9. The molecule has 0 radical (unpaired) electrons. The number of methoxy groups -OCH3 is 1. The number of halogens is 1. The molecule has 1 aromatic carbocycles. The van der Waals surface area contributed by atoms with E-state index in [1.807, 2.05) is 9.47 Å². The number of carbonyl (C=O) groups is 1. The number of nitrogens with one attached hydrogen (secondary N) is 1. The summed E-state index contributed by atoms with van der Waals surface area (Å²) in [7, 11) is 1.51. The van der Waals surface area contributed by atoms with Gasteiger partial charge in [0, 0.05) is 31.4 Å². The summed E-state index contributed by atoms with van der Waals surface area (Å²) in [5.74, 6) is 0.259. The van der Waals surface area contributed by atoms with Crippen LogP contribution in [0.1, 0.15) is 49.5 Å². The Labute approximate surface area is 169 Å². The van der Waals surface area contributed by atoms with Gasteiger partial charge in [-0.15, -0.1) is 0 Å². The molecule has 4 rings (SSSR count). The lowest BCUT2D eigenvalue weighted by molar-refractivity contribution is 0.112. The van der Waals surface area contributed by atoms with Gasteiger partial charge < -0.3 is 19.5 Å². The first-order chi connectivity index (χ1) is 14.0. The van der Waals surface area contributed by atoms with Crippen molar-refractivity contribution >= 4 is 22.9 Å². The van der Waals surface area contributed by atoms with E-state index in [1.165, 1.54) is 13.2 Å². The fourth-order valence-electron chi connectivity index (χ4n) is 4.42. The molecule has 0 spiro atoms. The van der Waals surface area contributed by atoms with Crippen molar-refractivity contribution in [1.29, 1.82) is 0 Å². The van der Waals surface area contributed by atoms with Crippen LogP contribution in [0.25, 0.3) is 10.9 Å². The summed E-state index contributed by atoms with van der Waals surface area (Å²) in [5.41, 5.74) is 0.588. The minimum Gasteiger partial charge on any atom is -0.492 e. The van der Waals surface area contributed by atoms with Crippen LogP contribution in [0.15, 0.2) is 17.1 Å². The lowest BCUT2D eigenvalue weighted by Gasteiger charge is -2.25. The second-order valence-corrected chi connectivity index (χ2v) is 8.25. The molecule has 1 saturated heterocycles. The Morgan fingerprint density at radius 3 is 2.72 bits per heavy atom. The number of ether oxygens (including phenoxy) is 1. The Hall–Kier alpha value is -2.41. The van der Waals surface area contributed by atoms with Crippen LogP contribution in [-0.2, 0) is 0 Å². The molecule has 0 bridgehead atoms. The van der Waals surface area contributed by atoms with Crippen LogP contribution in [-0.4, -0.2) is 43.6 Å². The molecule has 6 nitrogen and oxygen atoms in total. The topological polar surface area (TPSA) is 63.6 Å². The average molecular weight is 401 g/mol. The molecule has 2 aromatic rings. The highest BCUT2D eigenvalue weighted by Crippen LogP contribution is 2.44. The molecular formula is C22H28FN3O3. The zero-order valence-electron chi connectivity index (χ0n) is 17.2. The second-order valence-electron chi connectivity index (χ2n) is 8.25. The van der Waals surface area contributed by atoms with Crippen molar-refractivity contribution < 1.29 is 13.9 Å². The van der Waals surface area contributed by atoms with Crippen LogP contribution in [0.4, 0.5) is 10.1 Å². The van der Waals surface area contributed by atoms with Crippen LogP contribution in [0.2, 0.25) is 0 Å². The maximum atomic E-state index is 15.3. The molecule has 1 aliphatic heterocycles. The van der Waals surface area contributed by atoms with Crippen molar-refractivity contribution in [2.75, 3.05) is 31.6 Å². The first-order valence-electron chi connectivity index (χ1n) is 10.4. The van der Waals surface area contributed by atoms with Crippen LogP contribution in [0.5, 0.6) is 5.75 Å². The number of fused-ring (bicyclic) bond motifs is 1. The number of pyridine rings is 1. The van der Waals surface area contributed by atoms with E-state index in [2.05, 4.69) is 19.2 Å². The molecule has 0 unspecified atom stereocenters. The highest BCUT2D eigenvalue weighted by Gasteiger charge is 2.35. The Bertz CT molecular complexity index is 999. The number of nitrogens with zero attached hydrogens (tertiary/aromatic N) is 2. The average Bonchev–Trinajstić information content (AvgIpc) is 3.49. The van der Waals surface area contributed by atoms with E-state index < -0.39 is 11.2 Å². The SMILES string of the molecule is CCCN[C@@H]1CN(c2c(F)cc3c(=O)c(C=O)cn(C4CC4)c3c2OC)C[C@@H]1C. The Kier molecular flexibility index (Phi) is 5.34. The smallest absolute Gasteiger partial charge is 0.200 e. The summed E-state index contributed by atoms with van der Waals surface area (Å²) >= 11 is 0. The fraction of sp³-hybridized carbons (Fsp3) is 0.545.